The highest BCUT2D eigenvalue weighted by molar-refractivity contribution is 7.17. The molecule has 0 saturated carbocycles. The Hall–Kier alpha value is -0.940. The minimum absolute atomic E-state index is 0.0340. The summed E-state index contributed by atoms with van der Waals surface area (Å²) in [5.74, 6) is 0.228. The monoisotopic (exact) mass is 254 g/mol. The van der Waals surface area contributed by atoms with Gasteiger partial charge in [-0.25, -0.2) is 4.98 Å². The summed E-state index contributed by atoms with van der Waals surface area (Å²) in [5, 5.41) is 0.954. The lowest BCUT2D eigenvalue weighted by Crippen LogP contribution is -2.36. The topological polar surface area (TPSA) is 42.4 Å². The molecule has 0 aromatic carbocycles. The molecule has 1 aromatic heterocycles. The van der Waals surface area contributed by atoms with Crippen molar-refractivity contribution in [2.45, 2.75) is 20.8 Å². The number of Topliss-reactive ketones (excluding diaryl/α,β-unsaturated/α-hetero) is 1. The molecule has 1 fully saturated rings. The first kappa shape index (κ1) is 12.5. The Kier molecular flexibility index (Phi) is 3.79. The number of carbonyl (C=O) groups is 1. The molecule has 1 saturated heterocycles. The second kappa shape index (κ2) is 5.14. The SMILES string of the molecule is Cc1nc(N2CCOCC2)sc1C(=O)C(C)C. The van der Waals surface area contributed by atoms with E-state index in [1.807, 2.05) is 20.8 Å². The summed E-state index contributed by atoms with van der Waals surface area (Å²) in [5.41, 5.74) is 0.857. The lowest BCUT2D eigenvalue weighted by Gasteiger charge is -2.26. The molecule has 17 heavy (non-hydrogen) atoms. The average Bonchev–Trinajstić information content (AvgIpc) is 2.71. The highest BCUT2D eigenvalue weighted by atomic mass is 32.1. The van der Waals surface area contributed by atoms with Crippen LogP contribution in [0.4, 0.5) is 5.13 Å². The van der Waals surface area contributed by atoms with Gasteiger partial charge in [0.25, 0.3) is 0 Å². The van der Waals surface area contributed by atoms with Crippen LogP contribution in [0.3, 0.4) is 0 Å². The van der Waals surface area contributed by atoms with Gasteiger partial charge < -0.3 is 9.64 Å². The molecule has 5 heteroatoms. The second-order valence-corrected chi connectivity index (χ2v) is 5.51. The van der Waals surface area contributed by atoms with E-state index in [1.165, 1.54) is 11.3 Å². The lowest BCUT2D eigenvalue weighted by molar-refractivity contribution is 0.0942. The highest BCUT2D eigenvalue weighted by Crippen LogP contribution is 2.28. The fourth-order valence-electron chi connectivity index (χ4n) is 1.76. The van der Waals surface area contributed by atoms with Crippen LogP contribution >= 0.6 is 11.3 Å². The maximum Gasteiger partial charge on any atom is 0.186 e. The quantitative estimate of drug-likeness (QED) is 0.775. The van der Waals surface area contributed by atoms with Crippen LogP contribution in [0, 0.1) is 12.8 Å². The van der Waals surface area contributed by atoms with Gasteiger partial charge >= 0.3 is 0 Å². The van der Waals surface area contributed by atoms with Crippen molar-refractivity contribution in [1.29, 1.82) is 0 Å². The molecule has 2 rings (SSSR count). The van der Waals surface area contributed by atoms with Gasteiger partial charge in [0, 0.05) is 19.0 Å². The molecule has 1 aromatic rings. The number of ether oxygens (including phenoxy) is 1. The molecule has 0 atom stereocenters. The van der Waals surface area contributed by atoms with Crippen molar-refractivity contribution >= 4 is 22.3 Å². The first-order chi connectivity index (χ1) is 8.09. The van der Waals surface area contributed by atoms with Crippen molar-refractivity contribution in [3.63, 3.8) is 0 Å². The van der Waals surface area contributed by atoms with Crippen molar-refractivity contribution < 1.29 is 9.53 Å². The molecule has 94 valence electrons. The largest absolute Gasteiger partial charge is 0.378 e. The summed E-state index contributed by atoms with van der Waals surface area (Å²) in [6.45, 7) is 8.98. The van der Waals surface area contributed by atoms with E-state index < -0.39 is 0 Å². The van der Waals surface area contributed by atoms with Crippen LogP contribution in [0.1, 0.15) is 29.2 Å². The molecule has 4 nitrogen and oxygen atoms in total. The Morgan fingerprint density at radius 1 is 1.41 bits per heavy atom. The van der Waals surface area contributed by atoms with Gasteiger partial charge in [0.2, 0.25) is 0 Å². The number of ketones is 1. The predicted molar refractivity (Wildman–Crippen MR) is 69.1 cm³/mol. The predicted octanol–water partition coefficient (Wildman–Crippen LogP) is 2.13. The van der Waals surface area contributed by atoms with Gasteiger partial charge in [-0.3, -0.25) is 4.79 Å². The van der Waals surface area contributed by atoms with E-state index in [4.69, 9.17) is 4.74 Å². The van der Waals surface area contributed by atoms with Gasteiger partial charge in [0.1, 0.15) is 0 Å². The van der Waals surface area contributed by atoms with Gasteiger partial charge in [-0.05, 0) is 6.92 Å². The van der Waals surface area contributed by atoms with Crippen LogP contribution in [0.15, 0.2) is 0 Å². The third-order valence-electron chi connectivity index (χ3n) is 2.82. The molecule has 0 aliphatic carbocycles. The number of aromatic nitrogens is 1. The molecule has 1 aliphatic heterocycles. The molecule has 2 heterocycles. The molecule has 0 spiro atoms. The average molecular weight is 254 g/mol. The standard InChI is InChI=1S/C12H18N2O2S/c1-8(2)10(15)11-9(3)13-12(17-11)14-4-6-16-7-5-14/h8H,4-7H2,1-3H3. The Bertz CT molecular complexity index is 409. The molecular weight excluding hydrogens is 236 g/mol. The maximum absolute atomic E-state index is 12.0. The molecular formula is C12H18N2O2S. The Balaban J connectivity index is 2.20. The number of aryl methyl sites for hydroxylation is 1. The number of rotatable bonds is 3. The van der Waals surface area contributed by atoms with Crippen molar-refractivity contribution in [3.05, 3.63) is 10.6 Å². The summed E-state index contributed by atoms with van der Waals surface area (Å²) >= 11 is 1.51. The fraction of sp³-hybridized carbons (Fsp3) is 0.667. The number of thiazole rings is 1. The Labute approximate surface area is 106 Å². The van der Waals surface area contributed by atoms with E-state index in [-0.39, 0.29) is 11.7 Å². The van der Waals surface area contributed by atoms with Crippen molar-refractivity contribution in [1.82, 2.24) is 4.98 Å². The van der Waals surface area contributed by atoms with E-state index in [0.29, 0.717) is 0 Å². The van der Waals surface area contributed by atoms with E-state index >= 15 is 0 Å². The van der Waals surface area contributed by atoms with Crippen molar-refractivity contribution in [3.8, 4) is 0 Å². The number of nitrogens with zero attached hydrogens (tertiary/aromatic N) is 2. The molecule has 0 unspecified atom stereocenters. The van der Waals surface area contributed by atoms with Gasteiger partial charge in [0.15, 0.2) is 10.9 Å². The van der Waals surface area contributed by atoms with Crippen molar-refractivity contribution in [2.24, 2.45) is 5.92 Å². The summed E-state index contributed by atoms with van der Waals surface area (Å²) in [6.07, 6.45) is 0. The smallest absolute Gasteiger partial charge is 0.186 e. The molecule has 0 N–H and O–H groups in total. The van der Waals surface area contributed by atoms with Crippen LogP contribution in [0.5, 0.6) is 0 Å². The lowest BCUT2D eigenvalue weighted by atomic mass is 10.1. The van der Waals surface area contributed by atoms with Crippen LogP contribution in [0.2, 0.25) is 0 Å². The molecule has 0 bridgehead atoms. The number of hydrogen-bond acceptors (Lipinski definition) is 5. The highest BCUT2D eigenvalue weighted by Gasteiger charge is 2.21. The minimum Gasteiger partial charge on any atom is -0.378 e. The first-order valence-electron chi connectivity index (χ1n) is 5.94. The van der Waals surface area contributed by atoms with Crippen molar-refractivity contribution in [2.75, 3.05) is 31.2 Å². The zero-order valence-corrected chi connectivity index (χ0v) is 11.3. The van der Waals surface area contributed by atoms with Gasteiger partial charge in [0.05, 0.1) is 23.8 Å². The molecule has 0 radical (unpaired) electrons. The Morgan fingerprint density at radius 3 is 2.65 bits per heavy atom. The third kappa shape index (κ3) is 2.66. The number of anilines is 1. The Morgan fingerprint density at radius 2 is 2.06 bits per heavy atom. The van der Waals surface area contributed by atoms with Gasteiger partial charge in [-0.1, -0.05) is 25.2 Å². The summed E-state index contributed by atoms with van der Waals surface area (Å²) in [7, 11) is 0. The second-order valence-electron chi connectivity index (χ2n) is 4.53. The number of hydrogen-bond donors (Lipinski definition) is 0. The number of morpholine rings is 1. The third-order valence-corrected chi connectivity index (χ3v) is 4.05. The van der Waals surface area contributed by atoms with E-state index in [0.717, 1.165) is 42.0 Å². The van der Waals surface area contributed by atoms with Crippen LogP contribution in [-0.4, -0.2) is 37.1 Å². The van der Waals surface area contributed by atoms with Gasteiger partial charge in [-0.15, -0.1) is 0 Å². The fourth-order valence-corrected chi connectivity index (χ4v) is 2.97. The molecule has 1 aliphatic rings. The van der Waals surface area contributed by atoms with Crippen LogP contribution in [0.25, 0.3) is 0 Å². The first-order valence-corrected chi connectivity index (χ1v) is 6.75. The normalized spacial score (nSPS) is 16.6. The van der Waals surface area contributed by atoms with E-state index in [1.54, 1.807) is 0 Å². The zero-order valence-electron chi connectivity index (χ0n) is 10.5. The van der Waals surface area contributed by atoms with E-state index in [9.17, 15) is 4.79 Å². The van der Waals surface area contributed by atoms with Gasteiger partial charge in [-0.2, -0.15) is 0 Å². The summed E-state index contributed by atoms with van der Waals surface area (Å²) in [4.78, 5) is 19.5. The number of carbonyl (C=O) groups excluding carboxylic acids is 1. The van der Waals surface area contributed by atoms with E-state index in [2.05, 4.69) is 9.88 Å². The van der Waals surface area contributed by atoms with Crippen LogP contribution in [-0.2, 0) is 4.74 Å². The summed E-state index contributed by atoms with van der Waals surface area (Å²) < 4.78 is 5.31. The zero-order chi connectivity index (χ0) is 12.4. The molecule has 0 amide bonds. The van der Waals surface area contributed by atoms with Crippen LogP contribution < -0.4 is 4.90 Å². The maximum atomic E-state index is 12.0. The minimum atomic E-state index is 0.0340. The summed E-state index contributed by atoms with van der Waals surface area (Å²) in [6, 6.07) is 0.